The molecule has 0 radical (unpaired) electrons. The fourth-order valence-corrected chi connectivity index (χ4v) is 2.47. The Bertz CT molecular complexity index is 871. The summed E-state index contributed by atoms with van der Waals surface area (Å²) in [6.07, 6.45) is 4.87. The van der Waals surface area contributed by atoms with Crippen molar-refractivity contribution < 1.29 is 4.79 Å². The zero-order valence-electron chi connectivity index (χ0n) is 11.3. The topological polar surface area (TPSA) is 46.4 Å². The van der Waals surface area contributed by atoms with Crippen molar-refractivity contribution in [3.8, 4) is 0 Å². The van der Waals surface area contributed by atoms with E-state index in [9.17, 15) is 4.79 Å². The van der Waals surface area contributed by atoms with Crippen molar-refractivity contribution >= 4 is 46.5 Å². The number of carbonyl (C=O) groups excluding carboxylic acids is 1. The van der Waals surface area contributed by atoms with E-state index >= 15 is 0 Å². The zero-order chi connectivity index (χ0) is 15.5. The van der Waals surface area contributed by atoms with Crippen molar-refractivity contribution in [2.45, 2.75) is 0 Å². The number of hydrogen-bond acceptors (Lipinski definition) is 2. The van der Waals surface area contributed by atoms with Crippen molar-refractivity contribution in [3.63, 3.8) is 0 Å². The van der Waals surface area contributed by atoms with Crippen LogP contribution in [0, 0.1) is 0 Å². The first-order valence-corrected chi connectivity index (χ1v) is 7.26. The van der Waals surface area contributed by atoms with Gasteiger partial charge in [0, 0.05) is 23.0 Å². The SMILES string of the molecule is O=C(/C=C/c1c(Cl)nc2ccccn12)Nc1cccc(Cl)c1. The summed E-state index contributed by atoms with van der Waals surface area (Å²) >= 11 is 12.0. The first kappa shape index (κ1) is 14.6. The van der Waals surface area contributed by atoms with Crippen LogP contribution < -0.4 is 5.32 Å². The third kappa shape index (κ3) is 3.13. The molecule has 0 unspecified atom stereocenters. The summed E-state index contributed by atoms with van der Waals surface area (Å²) in [6, 6.07) is 12.5. The lowest BCUT2D eigenvalue weighted by Gasteiger charge is -2.02. The summed E-state index contributed by atoms with van der Waals surface area (Å²) in [4.78, 5) is 16.2. The van der Waals surface area contributed by atoms with E-state index in [1.54, 1.807) is 30.3 Å². The van der Waals surface area contributed by atoms with Gasteiger partial charge in [-0.1, -0.05) is 35.3 Å². The average Bonchev–Trinajstić information content (AvgIpc) is 2.80. The van der Waals surface area contributed by atoms with Crippen molar-refractivity contribution in [1.82, 2.24) is 9.38 Å². The average molecular weight is 332 g/mol. The smallest absolute Gasteiger partial charge is 0.248 e. The van der Waals surface area contributed by atoms with E-state index in [1.165, 1.54) is 6.08 Å². The molecule has 0 spiro atoms. The minimum absolute atomic E-state index is 0.274. The summed E-state index contributed by atoms with van der Waals surface area (Å²) in [6.45, 7) is 0. The van der Waals surface area contributed by atoms with Gasteiger partial charge in [-0.2, -0.15) is 0 Å². The molecule has 22 heavy (non-hydrogen) atoms. The summed E-state index contributed by atoms with van der Waals surface area (Å²) in [7, 11) is 0. The summed E-state index contributed by atoms with van der Waals surface area (Å²) in [5.41, 5.74) is 2.01. The lowest BCUT2D eigenvalue weighted by molar-refractivity contribution is -0.111. The van der Waals surface area contributed by atoms with Crippen LogP contribution in [0.4, 0.5) is 5.69 Å². The van der Waals surface area contributed by atoms with Gasteiger partial charge in [0.2, 0.25) is 5.91 Å². The van der Waals surface area contributed by atoms with Gasteiger partial charge in [0.25, 0.3) is 0 Å². The number of nitrogens with one attached hydrogen (secondary N) is 1. The number of nitrogens with zero attached hydrogens (tertiary/aromatic N) is 2. The monoisotopic (exact) mass is 331 g/mol. The number of aromatic nitrogens is 2. The van der Waals surface area contributed by atoms with Crippen LogP contribution in [0.15, 0.2) is 54.7 Å². The Morgan fingerprint density at radius 2 is 2.05 bits per heavy atom. The van der Waals surface area contributed by atoms with Gasteiger partial charge in [-0.25, -0.2) is 4.98 Å². The Labute approximate surface area is 137 Å². The fourth-order valence-electron chi connectivity index (χ4n) is 2.04. The molecule has 0 bridgehead atoms. The maximum absolute atomic E-state index is 12.0. The van der Waals surface area contributed by atoms with E-state index < -0.39 is 0 Å². The quantitative estimate of drug-likeness (QED) is 0.727. The summed E-state index contributed by atoms with van der Waals surface area (Å²) in [5.74, 6) is -0.274. The molecule has 0 atom stereocenters. The van der Waals surface area contributed by atoms with Crippen molar-refractivity contribution in [3.05, 3.63) is 70.6 Å². The molecule has 110 valence electrons. The lowest BCUT2D eigenvalue weighted by atomic mass is 10.3. The molecule has 0 fully saturated rings. The van der Waals surface area contributed by atoms with Gasteiger partial charge in [0.15, 0.2) is 5.15 Å². The molecule has 0 aliphatic carbocycles. The maximum atomic E-state index is 12.0. The van der Waals surface area contributed by atoms with Gasteiger partial charge in [-0.3, -0.25) is 9.20 Å². The zero-order valence-corrected chi connectivity index (χ0v) is 12.8. The number of imidazole rings is 1. The first-order chi connectivity index (χ1) is 10.6. The first-order valence-electron chi connectivity index (χ1n) is 6.51. The number of pyridine rings is 1. The number of amides is 1. The van der Waals surface area contributed by atoms with E-state index in [-0.39, 0.29) is 5.91 Å². The Balaban J connectivity index is 1.81. The third-order valence-electron chi connectivity index (χ3n) is 3.01. The molecule has 2 aromatic heterocycles. The molecule has 6 heteroatoms. The summed E-state index contributed by atoms with van der Waals surface area (Å²) in [5, 5.41) is 3.64. The van der Waals surface area contributed by atoms with Crippen LogP contribution >= 0.6 is 23.2 Å². The van der Waals surface area contributed by atoms with E-state index in [0.717, 1.165) is 5.65 Å². The predicted molar refractivity (Wildman–Crippen MR) is 89.3 cm³/mol. The molecule has 1 N–H and O–H groups in total. The molecular weight excluding hydrogens is 321 g/mol. The second-order valence-corrected chi connectivity index (χ2v) is 5.34. The van der Waals surface area contributed by atoms with E-state index in [4.69, 9.17) is 23.2 Å². The van der Waals surface area contributed by atoms with Crippen molar-refractivity contribution in [2.24, 2.45) is 0 Å². The van der Waals surface area contributed by atoms with Gasteiger partial charge in [-0.05, 0) is 36.4 Å². The minimum atomic E-state index is -0.274. The number of rotatable bonds is 3. The Morgan fingerprint density at radius 1 is 1.18 bits per heavy atom. The largest absolute Gasteiger partial charge is 0.322 e. The van der Waals surface area contributed by atoms with Crippen LogP contribution in [0.5, 0.6) is 0 Å². The van der Waals surface area contributed by atoms with Crippen molar-refractivity contribution in [1.29, 1.82) is 0 Å². The highest BCUT2D eigenvalue weighted by atomic mass is 35.5. The normalized spacial score (nSPS) is 11.2. The molecule has 0 aliphatic rings. The van der Waals surface area contributed by atoms with Gasteiger partial charge in [0.05, 0.1) is 5.69 Å². The highest BCUT2D eigenvalue weighted by Crippen LogP contribution is 2.19. The Hall–Kier alpha value is -2.30. The van der Waals surface area contributed by atoms with Gasteiger partial charge < -0.3 is 5.32 Å². The van der Waals surface area contributed by atoms with Crippen LogP contribution in [-0.4, -0.2) is 15.3 Å². The molecule has 2 heterocycles. The Morgan fingerprint density at radius 3 is 2.86 bits per heavy atom. The summed E-state index contributed by atoms with van der Waals surface area (Å²) < 4.78 is 1.81. The number of anilines is 1. The van der Waals surface area contributed by atoms with E-state index in [0.29, 0.717) is 21.6 Å². The van der Waals surface area contributed by atoms with Crippen LogP contribution in [0.3, 0.4) is 0 Å². The minimum Gasteiger partial charge on any atom is -0.322 e. The molecule has 1 aromatic carbocycles. The van der Waals surface area contributed by atoms with Crippen LogP contribution in [0.2, 0.25) is 10.2 Å². The molecule has 1 amide bonds. The van der Waals surface area contributed by atoms with Gasteiger partial charge in [-0.15, -0.1) is 0 Å². The number of hydrogen-bond donors (Lipinski definition) is 1. The van der Waals surface area contributed by atoms with E-state index in [2.05, 4.69) is 10.3 Å². The molecule has 4 nitrogen and oxygen atoms in total. The maximum Gasteiger partial charge on any atom is 0.248 e. The third-order valence-corrected chi connectivity index (χ3v) is 3.52. The number of fused-ring (bicyclic) bond motifs is 1. The second-order valence-electron chi connectivity index (χ2n) is 4.55. The standard InChI is InChI=1S/C16H11Cl2N3O/c17-11-4-3-5-12(10-11)19-15(22)8-7-13-16(18)20-14-6-1-2-9-21(13)14/h1-10H,(H,19,22)/b8-7+. The number of carbonyl (C=O) groups is 1. The second kappa shape index (κ2) is 6.22. The molecule has 0 saturated carbocycles. The lowest BCUT2D eigenvalue weighted by Crippen LogP contribution is -2.07. The number of benzene rings is 1. The molecule has 3 aromatic rings. The highest BCUT2D eigenvalue weighted by molar-refractivity contribution is 6.31. The number of halogens is 2. The molecule has 3 rings (SSSR count). The predicted octanol–water partition coefficient (Wildman–Crippen LogP) is 4.29. The highest BCUT2D eigenvalue weighted by Gasteiger charge is 2.07. The van der Waals surface area contributed by atoms with Crippen LogP contribution in [0.1, 0.15) is 5.69 Å². The van der Waals surface area contributed by atoms with Gasteiger partial charge >= 0.3 is 0 Å². The Kier molecular flexibility index (Phi) is 4.13. The van der Waals surface area contributed by atoms with Crippen LogP contribution in [0.25, 0.3) is 11.7 Å². The van der Waals surface area contributed by atoms with Gasteiger partial charge in [0.1, 0.15) is 5.65 Å². The van der Waals surface area contributed by atoms with E-state index in [1.807, 2.05) is 28.8 Å². The van der Waals surface area contributed by atoms with Crippen LogP contribution in [-0.2, 0) is 4.79 Å². The molecular formula is C16H11Cl2N3O. The van der Waals surface area contributed by atoms with Crippen molar-refractivity contribution in [2.75, 3.05) is 5.32 Å². The molecule has 0 aliphatic heterocycles. The fraction of sp³-hybridized carbons (Fsp3) is 0. The molecule has 0 saturated heterocycles.